The van der Waals surface area contributed by atoms with Gasteiger partial charge in [-0.2, -0.15) is 5.26 Å². The van der Waals surface area contributed by atoms with Gasteiger partial charge in [0.25, 0.3) is 0 Å². The number of fused-ring (bicyclic) bond motifs is 4. The molecule has 3 aromatic rings. The molecule has 0 radical (unpaired) electrons. The lowest BCUT2D eigenvalue weighted by molar-refractivity contribution is 0.125. The fourth-order valence-electron chi connectivity index (χ4n) is 6.31. The smallest absolute Gasteiger partial charge is 0.415 e. The molecule has 1 aliphatic carbocycles. The van der Waals surface area contributed by atoms with E-state index < -0.39 is 5.41 Å². The van der Waals surface area contributed by atoms with Crippen molar-refractivity contribution in [1.82, 2.24) is 15.5 Å². The van der Waals surface area contributed by atoms with E-state index in [-0.39, 0.29) is 18.2 Å². The van der Waals surface area contributed by atoms with Crippen molar-refractivity contribution in [1.29, 1.82) is 5.26 Å². The van der Waals surface area contributed by atoms with Gasteiger partial charge in [0.05, 0.1) is 29.2 Å². The Hall–Kier alpha value is -3.70. The molecule has 5 heterocycles. The Bertz CT molecular complexity index is 1300. The maximum atomic E-state index is 12.6. The standard InChI is InChI=1S/C26H23N5O3/c27-14-26(19-12-28-13-20(19)26)24-6-2-16(11-29-24)15-1-4-21-17(9-15)10-22-23(34-25(32)31(21)22)5-3-18-7-8-33-30-18/h1-2,4,6-9,11,19-20,22-23,28H,3,5,10,12-13H2/t19-,20+,22-,23-,26?/m0/s1. The number of benzene rings is 1. The number of carbonyl (C=O) groups is 1. The highest BCUT2D eigenvalue weighted by atomic mass is 16.6. The zero-order chi connectivity index (χ0) is 22.9. The Labute approximate surface area is 196 Å². The van der Waals surface area contributed by atoms with E-state index in [4.69, 9.17) is 14.2 Å². The summed E-state index contributed by atoms with van der Waals surface area (Å²) in [5, 5.41) is 17.2. The van der Waals surface area contributed by atoms with Gasteiger partial charge in [0.15, 0.2) is 0 Å². The van der Waals surface area contributed by atoms with Crippen LogP contribution in [0.5, 0.6) is 0 Å². The molecule has 8 nitrogen and oxygen atoms in total. The highest BCUT2D eigenvalue weighted by molar-refractivity contribution is 5.94. The Kier molecular flexibility index (Phi) is 4.15. The van der Waals surface area contributed by atoms with Gasteiger partial charge in [0.1, 0.15) is 17.8 Å². The van der Waals surface area contributed by atoms with Crippen LogP contribution < -0.4 is 10.2 Å². The van der Waals surface area contributed by atoms with Crippen molar-refractivity contribution in [2.24, 2.45) is 11.8 Å². The van der Waals surface area contributed by atoms with Crippen molar-refractivity contribution in [2.45, 2.75) is 36.8 Å². The number of aromatic nitrogens is 2. The average molecular weight is 454 g/mol. The first-order chi connectivity index (χ1) is 16.7. The van der Waals surface area contributed by atoms with E-state index in [2.05, 4.69) is 28.7 Å². The molecule has 170 valence electrons. The number of carbonyl (C=O) groups excluding carboxylic acids is 1. The van der Waals surface area contributed by atoms with E-state index in [0.717, 1.165) is 53.3 Å². The first-order valence-corrected chi connectivity index (χ1v) is 11.8. The lowest BCUT2D eigenvalue weighted by atomic mass is 9.95. The number of cyclic esters (lactones) is 1. The number of hydrogen-bond donors (Lipinski definition) is 1. The first kappa shape index (κ1) is 19.7. The molecule has 2 aromatic heterocycles. The molecule has 0 spiro atoms. The van der Waals surface area contributed by atoms with Crippen molar-refractivity contribution in [3.05, 3.63) is 65.8 Å². The lowest BCUT2D eigenvalue weighted by Crippen LogP contribution is -2.33. The molecule has 4 aliphatic rings. The second-order valence-electron chi connectivity index (χ2n) is 9.72. The first-order valence-electron chi connectivity index (χ1n) is 11.8. The summed E-state index contributed by atoms with van der Waals surface area (Å²) in [6.07, 6.45) is 5.17. The summed E-state index contributed by atoms with van der Waals surface area (Å²) in [4.78, 5) is 19.1. The second kappa shape index (κ2) is 7.15. The molecule has 3 aliphatic heterocycles. The number of ether oxygens (including phenoxy) is 1. The molecule has 1 N–H and O–H groups in total. The summed E-state index contributed by atoms with van der Waals surface area (Å²) in [6, 6.07) is 14.7. The summed E-state index contributed by atoms with van der Waals surface area (Å²) in [7, 11) is 0. The summed E-state index contributed by atoms with van der Waals surface area (Å²) < 4.78 is 10.6. The third-order valence-electron chi connectivity index (χ3n) is 8.13. The van der Waals surface area contributed by atoms with Crippen molar-refractivity contribution < 1.29 is 14.1 Å². The van der Waals surface area contributed by atoms with Crippen LogP contribution in [0.15, 0.2) is 53.4 Å². The number of nitriles is 1. The maximum Gasteiger partial charge on any atom is 0.415 e. The van der Waals surface area contributed by atoms with Crippen molar-refractivity contribution in [2.75, 3.05) is 18.0 Å². The molecule has 5 atom stereocenters. The Balaban J connectivity index is 1.11. The zero-order valence-corrected chi connectivity index (χ0v) is 18.5. The molecule has 0 bridgehead atoms. The number of hydrogen-bond acceptors (Lipinski definition) is 7. The van der Waals surface area contributed by atoms with Crippen LogP contribution in [-0.2, 0) is 23.0 Å². The number of amides is 1. The molecule has 34 heavy (non-hydrogen) atoms. The van der Waals surface area contributed by atoms with Gasteiger partial charge in [-0.1, -0.05) is 17.3 Å². The van der Waals surface area contributed by atoms with Crippen LogP contribution in [0.25, 0.3) is 11.1 Å². The fraction of sp³-hybridized carbons (Fsp3) is 0.385. The van der Waals surface area contributed by atoms with Crippen molar-refractivity contribution in [3.8, 4) is 17.2 Å². The fourth-order valence-corrected chi connectivity index (χ4v) is 6.31. The summed E-state index contributed by atoms with van der Waals surface area (Å²) in [5.41, 5.74) is 5.48. The Morgan fingerprint density at radius 1 is 1.18 bits per heavy atom. The highest BCUT2D eigenvalue weighted by Crippen LogP contribution is 2.60. The van der Waals surface area contributed by atoms with Gasteiger partial charge in [-0.05, 0) is 48.6 Å². The van der Waals surface area contributed by atoms with E-state index in [1.165, 1.54) is 0 Å². The van der Waals surface area contributed by atoms with Crippen LogP contribution in [0.1, 0.15) is 23.4 Å². The lowest BCUT2D eigenvalue weighted by Gasteiger charge is -2.16. The molecule has 1 saturated carbocycles. The average Bonchev–Trinajstić information content (AvgIpc) is 3.48. The summed E-state index contributed by atoms with van der Waals surface area (Å²) in [5.74, 6) is 0.752. The van der Waals surface area contributed by atoms with Crippen LogP contribution in [0.4, 0.5) is 10.5 Å². The number of anilines is 1. The van der Waals surface area contributed by atoms with Crippen LogP contribution in [-0.4, -0.2) is 41.5 Å². The SMILES string of the molecule is N#CC1(c2ccc(-c3ccc4c(c3)C[C@H]3[C@H](CCc5ccon5)OC(=O)N43)cn2)[C@@H]2CNC[C@@H]21. The highest BCUT2D eigenvalue weighted by Gasteiger charge is 2.69. The van der Waals surface area contributed by atoms with Crippen molar-refractivity contribution in [3.63, 3.8) is 0 Å². The predicted octanol–water partition coefficient (Wildman–Crippen LogP) is 3.23. The number of nitrogens with zero attached hydrogens (tertiary/aromatic N) is 4. The van der Waals surface area contributed by atoms with Gasteiger partial charge in [-0.3, -0.25) is 9.88 Å². The largest absolute Gasteiger partial charge is 0.444 e. The molecule has 1 unspecified atom stereocenters. The molecule has 8 heteroatoms. The molecular weight excluding hydrogens is 430 g/mol. The molecule has 7 rings (SSSR count). The normalized spacial score (nSPS) is 30.4. The van der Waals surface area contributed by atoms with E-state index in [1.807, 2.05) is 30.5 Å². The van der Waals surface area contributed by atoms with Gasteiger partial charge < -0.3 is 14.6 Å². The summed E-state index contributed by atoms with van der Waals surface area (Å²) >= 11 is 0. The third kappa shape index (κ3) is 2.71. The van der Waals surface area contributed by atoms with Gasteiger partial charge in [0, 0.05) is 42.8 Å². The van der Waals surface area contributed by atoms with E-state index >= 15 is 0 Å². The molecular formula is C26H23N5O3. The van der Waals surface area contributed by atoms with Crippen LogP contribution in [0.2, 0.25) is 0 Å². The molecule has 3 fully saturated rings. The maximum absolute atomic E-state index is 12.6. The molecule has 1 aromatic carbocycles. The number of piperidine rings is 1. The minimum Gasteiger partial charge on any atom is -0.444 e. The molecule has 2 saturated heterocycles. The van der Waals surface area contributed by atoms with Gasteiger partial charge in [0.2, 0.25) is 0 Å². The van der Waals surface area contributed by atoms with E-state index in [0.29, 0.717) is 24.7 Å². The van der Waals surface area contributed by atoms with Crippen LogP contribution in [0, 0.1) is 23.2 Å². The Morgan fingerprint density at radius 2 is 2.03 bits per heavy atom. The summed E-state index contributed by atoms with van der Waals surface area (Å²) in [6.45, 7) is 1.79. The number of nitrogens with one attached hydrogen (secondary N) is 1. The Morgan fingerprint density at radius 3 is 2.76 bits per heavy atom. The number of pyridine rings is 1. The van der Waals surface area contributed by atoms with Gasteiger partial charge in [-0.15, -0.1) is 0 Å². The number of rotatable bonds is 5. The quantitative estimate of drug-likeness (QED) is 0.632. The minimum absolute atomic E-state index is 0.00326. The minimum atomic E-state index is -0.423. The third-order valence-corrected chi connectivity index (χ3v) is 8.13. The molecule has 1 amide bonds. The second-order valence-corrected chi connectivity index (χ2v) is 9.72. The topological polar surface area (TPSA) is 104 Å². The van der Waals surface area contributed by atoms with E-state index in [1.54, 1.807) is 11.2 Å². The van der Waals surface area contributed by atoms with Gasteiger partial charge in [-0.25, -0.2) is 4.79 Å². The van der Waals surface area contributed by atoms with E-state index in [9.17, 15) is 10.1 Å². The van der Waals surface area contributed by atoms with Gasteiger partial charge >= 0.3 is 6.09 Å². The van der Waals surface area contributed by atoms with Crippen LogP contribution in [0.3, 0.4) is 0 Å². The zero-order valence-electron chi connectivity index (χ0n) is 18.5. The van der Waals surface area contributed by atoms with Crippen LogP contribution >= 0.6 is 0 Å². The monoisotopic (exact) mass is 453 g/mol. The predicted molar refractivity (Wildman–Crippen MR) is 122 cm³/mol. The van der Waals surface area contributed by atoms with Crippen molar-refractivity contribution >= 4 is 11.8 Å². The number of aryl methyl sites for hydroxylation is 1.